The molecule has 1 aromatic carbocycles. The number of carbonyl (C=O) groups is 2. The molecule has 1 amide bonds. The zero-order valence-electron chi connectivity index (χ0n) is 11.1. The van der Waals surface area contributed by atoms with E-state index in [0.29, 0.717) is 17.2 Å². The summed E-state index contributed by atoms with van der Waals surface area (Å²) < 4.78 is 10.3. The molecule has 6 nitrogen and oxygen atoms in total. The predicted molar refractivity (Wildman–Crippen MR) is 69.2 cm³/mol. The van der Waals surface area contributed by atoms with Crippen LogP contribution in [0.1, 0.15) is 20.8 Å². The summed E-state index contributed by atoms with van der Waals surface area (Å²) in [6.07, 6.45) is -0.650. The maximum Gasteiger partial charge on any atom is 0.308 e. The summed E-state index contributed by atoms with van der Waals surface area (Å²) in [5.41, 5.74) is 0.448. The van der Waals surface area contributed by atoms with Gasteiger partial charge in [0.25, 0.3) is 0 Å². The van der Waals surface area contributed by atoms with Crippen LogP contribution in [0.15, 0.2) is 18.2 Å². The van der Waals surface area contributed by atoms with Gasteiger partial charge in [0.2, 0.25) is 5.91 Å². The lowest BCUT2D eigenvalue weighted by molar-refractivity contribution is -0.131. The molecule has 0 unspecified atom stereocenters. The first kappa shape index (κ1) is 15.0. The Labute approximate surface area is 111 Å². The lowest BCUT2D eigenvalue weighted by Gasteiger charge is -2.14. The Balaban J connectivity index is 2.95. The minimum Gasteiger partial charge on any atom is -0.489 e. The first-order valence-corrected chi connectivity index (χ1v) is 5.79. The standard InChI is InChI=1S/C13H17NO5/c1-8(15)7-18-13-6-11(19-10(3)17)4-5-12(13)14-9(2)16/h4-6,8,15H,7H2,1-3H3,(H,14,16)/t8-/m0/s1. The summed E-state index contributed by atoms with van der Waals surface area (Å²) in [4.78, 5) is 21.9. The molecular weight excluding hydrogens is 250 g/mol. The van der Waals surface area contributed by atoms with Crippen molar-refractivity contribution >= 4 is 17.6 Å². The number of rotatable bonds is 5. The van der Waals surface area contributed by atoms with E-state index in [2.05, 4.69) is 5.32 Å². The van der Waals surface area contributed by atoms with E-state index in [1.165, 1.54) is 19.9 Å². The lowest BCUT2D eigenvalue weighted by Crippen LogP contribution is -2.15. The Kier molecular flexibility index (Phi) is 5.32. The number of aliphatic hydroxyl groups excluding tert-OH is 1. The number of anilines is 1. The molecule has 0 radical (unpaired) electrons. The van der Waals surface area contributed by atoms with Crippen LogP contribution in [0.25, 0.3) is 0 Å². The highest BCUT2D eigenvalue weighted by molar-refractivity contribution is 5.90. The highest BCUT2D eigenvalue weighted by Gasteiger charge is 2.10. The quantitative estimate of drug-likeness (QED) is 0.621. The van der Waals surface area contributed by atoms with Crippen molar-refractivity contribution in [3.63, 3.8) is 0 Å². The van der Waals surface area contributed by atoms with E-state index >= 15 is 0 Å². The van der Waals surface area contributed by atoms with Crippen molar-refractivity contribution in [3.05, 3.63) is 18.2 Å². The SMILES string of the molecule is CC(=O)Nc1ccc(OC(C)=O)cc1OC[C@H](C)O. The highest BCUT2D eigenvalue weighted by Crippen LogP contribution is 2.29. The number of esters is 1. The third kappa shape index (κ3) is 5.39. The number of aliphatic hydroxyl groups is 1. The molecule has 0 heterocycles. The van der Waals surface area contributed by atoms with Crippen LogP contribution in [0.3, 0.4) is 0 Å². The average Bonchev–Trinajstić information content (AvgIpc) is 2.27. The van der Waals surface area contributed by atoms with Gasteiger partial charge in [0.05, 0.1) is 11.8 Å². The molecule has 0 saturated heterocycles. The first-order chi connectivity index (χ1) is 8.88. The Morgan fingerprint density at radius 2 is 2.05 bits per heavy atom. The van der Waals surface area contributed by atoms with Gasteiger partial charge in [-0.05, 0) is 19.1 Å². The van der Waals surface area contributed by atoms with Crippen LogP contribution in [-0.4, -0.2) is 29.7 Å². The molecule has 0 aliphatic rings. The third-order valence-corrected chi connectivity index (χ3v) is 2.01. The van der Waals surface area contributed by atoms with E-state index < -0.39 is 12.1 Å². The van der Waals surface area contributed by atoms with Crippen LogP contribution in [0.4, 0.5) is 5.69 Å². The Bertz CT molecular complexity index is 470. The number of hydrogen-bond donors (Lipinski definition) is 2. The zero-order chi connectivity index (χ0) is 14.4. The van der Waals surface area contributed by atoms with Crippen molar-refractivity contribution in [2.45, 2.75) is 26.9 Å². The smallest absolute Gasteiger partial charge is 0.308 e. The van der Waals surface area contributed by atoms with Crippen LogP contribution in [0.2, 0.25) is 0 Å². The van der Waals surface area contributed by atoms with Gasteiger partial charge in [-0.1, -0.05) is 0 Å². The topological polar surface area (TPSA) is 84.9 Å². The molecule has 0 aromatic heterocycles. The summed E-state index contributed by atoms with van der Waals surface area (Å²) in [5, 5.41) is 11.8. The first-order valence-electron chi connectivity index (χ1n) is 5.79. The fraction of sp³-hybridized carbons (Fsp3) is 0.385. The van der Waals surface area contributed by atoms with Crippen LogP contribution in [-0.2, 0) is 9.59 Å². The fourth-order valence-electron chi connectivity index (χ4n) is 1.35. The van der Waals surface area contributed by atoms with E-state index in [1.54, 1.807) is 19.1 Å². The molecule has 1 rings (SSSR count). The summed E-state index contributed by atoms with van der Waals surface area (Å²) in [6, 6.07) is 4.59. The van der Waals surface area contributed by atoms with Crippen molar-refractivity contribution in [3.8, 4) is 11.5 Å². The van der Waals surface area contributed by atoms with Gasteiger partial charge in [-0.25, -0.2) is 0 Å². The van der Waals surface area contributed by atoms with E-state index in [0.717, 1.165) is 0 Å². The number of nitrogens with one attached hydrogen (secondary N) is 1. The van der Waals surface area contributed by atoms with Gasteiger partial charge in [0.1, 0.15) is 18.1 Å². The molecule has 0 spiro atoms. The highest BCUT2D eigenvalue weighted by atomic mass is 16.5. The molecule has 0 aliphatic carbocycles. The molecule has 0 bridgehead atoms. The molecule has 0 aliphatic heterocycles. The van der Waals surface area contributed by atoms with E-state index in [-0.39, 0.29) is 12.5 Å². The van der Waals surface area contributed by atoms with Gasteiger partial charge in [0, 0.05) is 19.9 Å². The summed E-state index contributed by atoms with van der Waals surface area (Å²) in [5.74, 6) is -0.0621. The third-order valence-electron chi connectivity index (χ3n) is 2.01. The maximum absolute atomic E-state index is 11.1. The van der Waals surface area contributed by atoms with Crippen molar-refractivity contribution in [1.29, 1.82) is 0 Å². The van der Waals surface area contributed by atoms with Gasteiger partial charge in [-0.2, -0.15) is 0 Å². The second-order valence-corrected chi connectivity index (χ2v) is 4.09. The molecule has 19 heavy (non-hydrogen) atoms. The Morgan fingerprint density at radius 3 is 2.58 bits per heavy atom. The molecule has 1 aromatic rings. The average molecular weight is 267 g/mol. The van der Waals surface area contributed by atoms with Crippen LogP contribution >= 0.6 is 0 Å². The van der Waals surface area contributed by atoms with Crippen LogP contribution < -0.4 is 14.8 Å². The molecule has 0 fully saturated rings. The largest absolute Gasteiger partial charge is 0.489 e. The molecule has 2 N–H and O–H groups in total. The van der Waals surface area contributed by atoms with E-state index in [1.807, 2.05) is 0 Å². The minimum atomic E-state index is -0.650. The Hall–Kier alpha value is -2.08. The molecule has 0 saturated carbocycles. The second kappa shape index (κ2) is 6.75. The number of carbonyl (C=O) groups excluding carboxylic acids is 2. The van der Waals surface area contributed by atoms with E-state index in [9.17, 15) is 14.7 Å². The normalized spacial score (nSPS) is 11.6. The minimum absolute atomic E-state index is 0.0656. The van der Waals surface area contributed by atoms with Crippen LogP contribution in [0.5, 0.6) is 11.5 Å². The summed E-state index contributed by atoms with van der Waals surface area (Å²) in [6.45, 7) is 4.31. The second-order valence-electron chi connectivity index (χ2n) is 4.09. The van der Waals surface area contributed by atoms with Gasteiger partial charge >= 0.3 is 5.97 Å². The van der Waals surface area contributed by atoms with E-state index in [4.69, 9.17) is 9.47 Å². The maximum atomic E-state index is 11.1. The van der Waals surface area contributed by atoms with Crippen molar-refractivity contribution in [1.82, 2.24) is 0 Å². The van der Waals surface area contributed by atoms with Crippen molar-refractivity contribution in [2.24, 2.45) is 0 Å². The van der Waals surface area contributed by atoms with Gasteiger partial charge in [-0.15, -0.1) is 0 Å². The summed E-state index contributed by atoms with van der Waals surface area (Å²) >= 11 is 0. The summed E-state index contributed by atoms with van der Waals surface area (Å²) in [7, 11) is 0. The van der Waals surface area contributed by atoms with Crippen LogP contribution in [0, 0.1) is 0 Å². The lowest BCUT2D eigenvalue weighted by atomic mass is 10.2. The number of amides is 1. The molecular formula is C13H17NO5. The van der Waals surface area contributed by atoms with Crippen molar-refractivity contribution < 1.29 is 24.2 Å². The van der Waals surface area contributed by atoms with Gasteiger partial charge in [-0.3, -0.25) is 9.59 Å². The molecule has 104 valence electrons. The fourth-order valence-corrected chi connectivity index (χ4v) is 1.35. The number of benzene rings is 1. The zero-order valence-corrected chi connectivity index (χ0v) is 11.1. The molecule has 6 heteroatoms. The predicted octanol–water partition coefficient (Wildman–Crippen LogP) is 1.33. The van der Waals surface area contributed by atoms with Gasteiger partial charge in [0.15, 0.2) is 0 Å². The number of hydrogen-bond acceptors (Lipinski definition) is 5. The Morgan fingerprint density at radius 1 is 1.37 bits per heavy atom. The van der Waals surface area contributed by atoms with Gasteiger partial charge < -0.3 is 19.9 Å². The molecule has 1 atom stereocenters. The van der Waals surface area contributed by atoms with Crippen molar-refractivity contribution in [2.75, 3.05) is 11.9 Å². The number of ether oxygens (including phenoxy) is 2. The monoisotopic (exact) mass is 267 g/mol.